The Bertz CT molecular complexity index is 1610. The third kappa shape index (κ3) is 5.48. The number of hydrogen-bond acceptors (Lipinski definition) is 7. The first-order chi connectivity index (χ1) is 17.8. The van der Waals surface area contributed by atoms with Gasteiger partial charge in [-0.05, 0) is 55.0 Å². The van der Waals surface area contributed by atoms with Crippen LogP contribution in [-0.4, -0.2) is 42.0 Å². The number of rotatable bonds is 7. The van der Waals surface area contributed by atoms with Gasteiger partial charge in [-0.15, -0.1) is 11.3 Å². The maximum Gasteiger partial charge on any atom is 0.323 e. The smallest absolute Gasteiger partial charge is 0.323 e. The molecule has 0 aliphatic carbocycles. The summed E-state index contributed by atoms with van der Waals surface area (Å²) in [4.78, 5) is 33.2. The Kier molecular flexibility index (Phi) is 7.18. The average Bonchev–Trinajstić information content (AvgIpc) is 3.50. The highest BCUT2D eigenvalue weighted by atomic mass is 35.5. The molecule has 1 atom stereocenters. The molecule has 1 fully saturated rings. The van der Waals surface area contributed by atoms with Gasteiger partial charge in [0.15, 0.2) is 9.84 Å². The molecule has 4 aromatic rings. The van der Waals surface area contributed by atoms with Crippen molar-refractivity contribution in [2.75, 3.05) is 23.0 Å². The predicted octanol–water partition coefficient (Wildman–Crippen LogP) is 5.30. The minimum Gasteiger partial charge on any atom is -0.492 e. The molecule has 0 spiro atoms. The van der Waals surface area contributed by atoms with Crippen molar-refractivity contribution in [2.24, 2.45) is 0 Å². The number of aromatic nitrogens is 2. The standard InChI is InChI=1S/C25H23ClN4O5S2/c26-18-14-19-17(13-20(18)30-25(32)28-15-5-8-27-9-6-15)23(22(24(31)29-19)21-4-1-11-36-21)35-10-7-16-3-2-12-37(16,33)34/h1,4-6,8-9,11,13-14,16H,2-3,7,10,12H2,(H,29,31)(H2,27,28,30,32). The Morgan fingerprint density at radius 1 is 1.22 bits per heavy atom. The molecule has 1 aliphatic heterocycles. The molecule has 0 radical (unpaired) electrons. The highest BCUT2D eigenvalue weighted by molar-refractivity contribution is 7.92. The lowest BCUT2D eigenvalue weighted by Crippen LogP contribution is -2.20. The summed E-state index contributed by atoms with van der Waals surface area (Å²) in [5, 5.41) is 7.59. The van der Waals surface area contributed by atoms with Crippen molar-refractivity contribution in [3.8, 4) is 16.2 Å². The van der Waals surface area contributed by atoms with Crippen LogP contribution in [-0.2, 0) is 9.84 Å². The first-order valence-electron chi connectivity index (χ1n) is 11.6. The second kappa shape index (κ2) is 10.5. The quantitative estimate of drug-likeness (QED) is 0.282. The predicted molar refractivity (Wildman–Crippen MR) is 147 cm³/mol. The molecule has 0 saturated carbocycles. The normalized spacial score (nSPS) is 16.5. The summed E-state index contributed by atoms with van der Waals surface area (Å²) in [7, 11) is -3.12. The number of nitrogens with one attached hydrogen (secondary N) is 3. The van der Waals surface area contributed by atoms with E-state index in [1.165, 1.54) is 11.3 Å². The average molecular weight is 559 g/mol. The van der Waals surface area contributed by atoms with E-state index < -0.39 is 21.1 Å². The minimum absolute atomic E-state index is 0.120. The topological polar surface area (TPSA) is 130 Å². The molecule has 37 heavy (non-hydrogen) atoms. The summed E-state index contributed by atoms with van der Waals surface area (Å²) in [5.74, 6) is 0.507. The van der Waals surface area contributed by atoms with Crippen LogP contribution in [0.15, 0.2) is 59.0 Å². The Morgan fingerprint density at radius 3 is 2.73 bits per heavy atom. The number of pyridine rings is 2. The Balaban J connectivity index is 1.50. The number of carbonyl (C=O) groups excluding carboxylic acids is 1. The number of thiophene rings is 1. The third-order valence-corrected chi connectivity index (χ3v) is 9.70. The fourth-order valence-electron chi connectivity index (χ4n) is 4.37. The Morgan fingerprint density at radius 2 is 2.03 bits per heavy atom. The van der Waals surface area contributed by atoms with Crippen LogP contribution in [0.5, 0.6) is 5.75 Å². The first-order valence-corrected chi connectivity index (χ1v) is 14.5. The van der Waals surface area contributed by atoms with E-state index in [-0.39, 0.29) is 22.9 Å². The van der Waals surface area contributed by atoms with Crippen LogP contribution in [0.3, 0.4) is 0 Å². The zero-order valence-corrected chi connectivity index (χ0v) is 21.9. The van der Waals surface area contributed by atoms with E-state index in [4.69, 9.17) is 16.3 Å². The van der Waals surface area contributed by atoms with Gasteiger partial charge < -0.3 is 20.4 Å². The summed E-state index contributed by atoms with van der Waals surface area (Å²) in [5.41, 5.74) is 1.28. The summed E-state index contributed by atoms with van der Waals surface area (Å²) >= 11 is 7.82. The monoisotopic (exact) mass is 558 g/mol. The van der Waals surface area contributed by atoms with Crippen LogP contribution in [0.2, 0.25) is 5.02 Å². The molecule has 9 nitrogen and oxygen atoms in total. The molecule has 0 bridgehead atoms. The number of H-pyrrole nitrogens is 1. The van der Waals surface area contributed by atoms with Crippen molar-refractivity contribution < 1.29 is 17.9 Å². The first kappa shape index (κ1) is 25.2. The maximum absolute atomic E-state index is 13.1. The number of benzene rings is 1. The number of amides is 2. The third-order valence-electron chi connectivity index (χ3n) is 6.16. The molecule has 192 valence electrons. The van der Waals surface area contributed by atoms with E-state index >= 15 is 0 Å². The van der Waals surface area contributed by atoms with Crippen molar-refractivity contribution in [3.63, 3.8) is 0 Å². The second-order valence-electron chi connectivity index (χ2n) is 8.60. The lowest BCUT2D eigenvalue weighted by atomic mass is 10.1. The summed E-state index contributed by atoms with van der Waals surface area (Å²) in [6.45, 7) is 0.120. The van der Waals surface area contributed by atoms with Gasteiger partial charge >= 0.3 is 6.03 Å². The lowest BCUT2D eigenvalue weighted by Gasteiger charge is -2.17. The lowest BCUT2D eigenvalue weighted by molar-refractivity contribution is 0.262. The van der Waals surface area contributed by atoms with E-state index in [1.54, 1.807) is 36.7 Å². The van der Waals surface area contributed by atoms with Gasteiger partial charge in [0.25, 0.3) is 5.56 Å². The van der Waals surface area contributed by atoms with Crippen LogP contribution in [0, 0.1) is 0 Å². The number of aromatic amines is 1. The fraction of sp³-hybridized carbons (Fsp3) is 0.240. The Hall–Kier alpha value is -3.41. The van der Waals surface area contributed by atoms with Crippen LogP contribution in [0.1, 0.15) is 19.3 Å². The van der Waals surface area contributed by atoms with Gasteiger partial charge in [-0.1, -0.05) is 17.7 Å². The van der Waals surface area contributed by atoms with Crippen molar-refractivity contribution >= 4 is 61.1 Å². The van der Waals surface area contributed by atoms with Gasteiger partial charge in [-0.25, -0.2) is 13.2 Å². The van der Waals surface area contributed by atoms with Gasteiger partial charge in [0.2, 0.25) is 0 Å². The van der Waals surface area contributed by atoms with Crippen LogP contribution in [0.4, 0.5) is 16.2 Å². The molecule has 3 N–H and O–H groups in total. The van der Waals surface area contributed by atoms with Crippen molar-refractivity contribution in [2.45, 2.75) is 24.5 Å². The Labute approximate surface area is 221 Å². The molecule has 5 rings (SSSR count). The molecule has 12 heteroatoms. The summed E-state index contributed by atoms with van der Waals surface area (Å²) in [6, 6.07) is 9.62. The largest absolute Gasteiger partial charge is 0.492 e. The van der Waals surface area contributed by atoms with Gasteiger partial charge in [0.05, 0.1) is 39.4 Å². The number of anilines is 2. The second-order valence-corrected chi connectivity index (χ2v) is 12.4. The number of ether oxygens (including phenoxy) is 1. The van der Waals surface area contributed by atoms with E-state index in [0.717, 1.165) is 0 Å². The van der Waals surface area contributed by atoms with Crippen LogP contribution < -0.4 is 20.9 Å². The highest BCUT2D eigenvalue weighted by Crippen LogP contribution is 2.39. The SMILES string of the molecule is O=C(Nc1ccncc1)Nc1cc2c(OCCC3CCCS3(=O)=O)c(-c3cccs3)c(=O)[nH]c2cc1Cl. The number of fused-ring (bicyclic) bond motifs is 1. The highest BCUT2D eigenvalue weighted by Gasteiger charge is 2.31. The van der Waals surface area contributed by atoms with Crippen LogP contribution in [0.25, 0.3) is 21.3 Å². The number of carbonyl (C=O) groups is 1. The number of halogens is 1. The zero-order valence-electron chi connectivity index (χ0n) is 19.5. The van der Waals surface area contributed by atoms with Crippen LogP contribution >= 0.6 is 22.9 Å². The molecule has 4 heterocycles. The molecular weight excluding hydrogens is 536 g/mol. The summed E-state index contributed by atoms with van der Waals surface area (Å²) < 4.78 is 30.7. The van der Waals surface area contributed by atoms with E-state index in [0.29, 0.717) is 57.7 Å². The molecule has 3 aromatic heterocycles. The molecule has 1 aliphatic rings. The molecule has 1 saturated heterocycles. The maximum atomic E-state index is 13.1. The fourth-order valence-corrected chi connectivity index (χ4v) is 7.23. The van der Waals surface area contributed by atoms with Crippen molar-refractivity contribution in [1.82, 2.24) is 9.97 Å². The number of hydrogen-bond donors (Lipinski definition) is 3. The number of urea groups is 1. The molecule has 1 unspecified atom stereocenters. The zero-order chi connectivity index (χ0) is 26.0. The molecule has 2 amide bonds. The number of nitrogens with zero attached hydrogens (tertiary/aromatic N) is 1. The van der Waals surface area contributed by atoms with Crippen molar-refractivity contribution in [1.29, 1.82) is 0 Å². The van der Waals surface area contributed by atoms with Crippen molar-refractivity contribution in [3.05, 3.63) is 69.5 Å². The minimum atomic E-state index is -3.12. The van der Waals surface area contributed by atoms with E-state index in [2.05, 4.69) is 20.6 Å². The summed E-state index contributed by atoms with van der Waals surface area (Å²) in [6.07, 6.45) is 4.70. The number of sulfone groups is 1. The van der Waals surface area contributed by atoms with E-state index in [1.807, 2.05) is 17.5 Å². The van der Waals surface area contributed by atoms with Gasteiger partial charge in [-0.2, -0.15) is 0 Å². The van der Waals surface area contributed by atoms with Gasteiger partial charge in [0, 0.05) is 28.3 Å². The molecular formula is C25H23ClN4O5S2. The molecule has 1 aromatic carbocycles. The van der Waals surface area contributed by atoms with Gasteiger partial charge in [0.1, 0.15) is 5.75 Å². The van der Waals surface area contributed by atoms with E-state index in [9.17, 15) is 18.0 Å². The van der Waals surface area contributed by atoms with Gasteiger partial charge in [-0.3, -0.25) is 9.78 Å².